The van der Waals surface area contributed by atoms with Gasteiger partial charge in [0.2, 0.25) is 5.91 Å². The zero-order chi connectivity index (χ0) is 10.6. The molecule has 0 spiro atoms. The predicted molar refractivity (Wildman–Crippen MR) is 55.2 cm³/mol. The highest BCUT2D eigenvalue weighted by Gasteiger charge is 1.99. The van der Waals surface area contributed by atoms with Crippen LogP contribution in [0.1, 0.15) is 26.2 Å². The lowest BCUT2D eigenvalue weighted by atomic mass is 10.2. The van der Waals surface area contributed by atoms with E-state index in [2.05, 4.69) is 12.2 Å². The average molecular weight is 203 g/mol. The van der Waals surface area contributed by atoms with E-state index in [1.54, 1.807) is 7.11 Å². The standard InChI is InChI=1S/C10H21NO3/c1-3-4-5-6-11-10(12)9-14-8-7-13-2/h3-9H2,1-2H3,(H,11,12). The molecule has 0 bridgehead atoms. The summed E-state index contributed by atoms with van der Waals surface area (Å²) in [5.74, 6) is -0.0443. The Hall–Kier alpha value is -0.610. The van der Waals surface area contributed by atoms with Gasteiger partial charge in [-0.2, -0.15) is 0 Å². The number of unbranched alkanes of at least 4 members (excludes halogenated alkanes) is 2. The molecule has 0 fully saturated rings. The van der Waals surface area contributed by atoms with Crippen molar-refractivity contribution in [2.24, 2.45) is 0 Å². The average Bonchev–Trinajstić information content (AvgIpc) is 2.19. The largest absolute Gasteiger partial charge is 0.382 e. The van der Waals surface area contributed by atoms with Crippen molar-refractivity contribution in [3.63, 3.8) is 0 Å². The van der Waals surface area contributed by atoms with E-state index < -0.39 is 0 Å². The smallest absolute Gasteiger partial charge is 0.245 e. The molecule has 0 aliphatic heterocycles. The molecule has 4 heteroatoms. The molecule has 1 amide bonds. The number of methoxy groups -OCH3 is 1. The van der Waals surface area contributed by atoms with Gasteiger partial charge in [0.15, 0.2) is 0 Å². The number of hydrogen-bond acceptors (Lipinski definition) is 3. The first-order valence-corrected chi connectivity index (χ1v) is 5.14. The second-order valence-corrected chi connectivity index (χ2v) is 3.10. The summed E-state index contributed by atoms with van der Waals surface area (Å²) in [5, 5.41) is 2.79. The van der Waals surface area contributed by atoms with Gasteiger partial charge in [-0.3, -0.25) is 4.79 Å². The van der Waals surface area contributed by atoms with Crippen molar-refractivity contribution >= 4 is 5.91 Å². The molecule has 0 saturated heterocycles. The highest BCUT2D eigenvalue weighted by atomic mass is 16.5. The number of ether oxygens (including phenoxy) is 2. The number of carbonyl (C=O) groups is 1. The Kier molecular flexibility index (Phi) is 10.0. The van der Waals surface area contributed by atoms with E-state index in [1.807, 2.05) is 0 Å². The maximum absolute atomic E-state index is 11.1. The molecule has 0 radical (unpaired) electrons. The monoisotopic (exact) mass is 203 g/mol. The van der Waals surface area contributed by atoms with Crippen LogP contribution in [0.25, 0.3) is 0 Å². The van der Waals surface area contributed by atoms with Crippen LogP contribution < -0.4 is 5.32 Å². The van der Waals surface area contributed by atoms with Gasteiger partial charge >= 0.3 is 0 Å². The maximum Gasteiger partial charge on any atom is 0.245 e. The molecule has 0 aliphatic carbocycles. The van der Waals surface area contributed by atoms with E-state index in [0.29, 0.717) is 13.2 Å². The Labute approximate surface area is 86.0 Å². The van der Waals surface area contributed by atoms with Gasteiger partial charge < -0.3 is 14.8 Å². The molecular formula is C10H21NO3. The van der Waals surface area contributed by atoms with Crippen molar-refractivity contribution in [2.75, 3.05) is 33.5 Å². The second-order valence-electron chi connectivity index (χ2n) is 3.10. The Morgan fingerprint density at radius 3 is 2.71 bits per heavy atom. The summed E-state index contributed by atoms with van der Waals surface area (Å²) in [6, 6.07) is 0. The quantitative estimate of drug-likeness (QED) is 0.568. The van der Waals surface area contributed by atoms with Crippen LogP contribution in [-0.4, -0.2) is 39.4 Å². The second kappa shape index (κ2) is 10.5. The van der Waals surface area contributed by atoms with Crippen LogP contribution >= 0.6 is 0 Å². The highest BCUT2D eigenvalue weighted by Crippen LogP contribution is 1.90. The van der Waals surface area contributed by atoms with Crippen molar-refractivity contribution < 1.29 is 14.3 Å². The third-order valence-electron chi connectivity index (χ3n) is 1.77. The van der Waals surface area contributed by atoms with Gasteiger partial charge in [0.1, 0.15) is 6.61 Å². The third kappa shape index (κ3) is 9.48. The van der Waals surface area contributed by atoms with Gasteiger partial charge in [0.25, 0.3) is 0 Å². The summed E-state index contributed by atoms with van der Waals surface area (Å²) in [7, 11) is 1.61. The molecule has 0 aromatic rings. The molecule has 1 N–H and O–H groups in total. The molecule has 0 heterocycles. The Balaban J connectivity index is 3.11. The van der Waals surface area contributed by atoms with E-state index in [4.69, 9.17) is 9.47 Å². The van der Waals surface area contributed by atoms with Crippen molar-refractivity contribution in [3.05, 3.63) is 0 Å². The summed E-state index contributed by atoms with van der Waals surface area (Å²) < 4.78 is 9.84. The number of carbonyl (C=O) groups excluding carboxylic acids is 1. The Morgan fingerprint density at radius 1 is 1.29 bits per heavy atom. The van der Waals surface area contributed by atoms with Crippen LogP contribution in [0.5, 0.6) is 0 Å². The molecule has 0 aromatic heterocycles. The molecule has 0 rings (SSSR count). The van der Waals surface area contributed by atoms with Gasteiger partial charge in [0.05, 0.1) is 13.2 Å². The molecule has 14 heavy (non-hydrogen) atoms. The number of amides is 1. The van der Waals surface area contributed by atoms with Crippen molar-refractivity contribution in [1.29, 1.82) is 0 Å². The van der Waals surface area contributed by atoms with Gasteiger partial charge in [-0.25, -0.2) is 0 Å². The molecule has 0 saturated carbocycles. The summed E-state index contributed by atoms with van der Waals surface area (Å²) in [6.45, 7) is 4.02. The number of rotatable bonds is 9. The highest BCUT2D eigenvalue weighted by molar-refractivity contribution is 5.77. The predicted octanol–water partition coefficient (Wildman–Crippen LogP) is 0.956. The fourth-order valence-corrected chi connectivity index (χ4v) is 0.961. The summed E-state index contributed by atoms with van der Waals surface area (Å²) in [4.78, 5) is 11.1. The summed E-state index contributed by atoms with van der Waals surface area (Å²) in [5.41, 5.74) is 0. The SMILES string of the molecule is CCCCCNC(=O)COCCOC. The van der Waals surface area contributed by atoms with E-state index in [9.17, 15) is 4.79 Å². The molecule has 0 atom stereocenters. The molecule has 0 unspecified atom stereocenters. The van der Waals surface area contributed by atoms with E-state index >= 15 is 0 Å². The van der Waals surface area contributed by atoms with Gasteiger partial charge in [0, 0.05) is 13.7 Å². The first-order chi connectivity index (χ1) is 6.81. The molecule has 0 aliphatic rings. The lowest BCUT2D eigenvalue weighted by Gasteiger charge is -2.05. The van der Waals surface area contributed by atoms with Crippen LogP contribution in [0.2, 0.25) is 0 Å². The lowest BCUT2D eigenvalue weighted by molar-refractivity contribution is -0.126. The molecule has 84 valence electrons. The molecular weight excluding hydrogens is 182 g/mol. The van der Waals surface area contributed by atoms with Gasteiger partial charge in [-0.05, 0) is 6.42 Å². The maximum atomic E-state index is 11.1. The van der Waals surface area contributed by atoms with Crippen LogP contribution in [0.15, 0.2) is 0 Å². The molecule has 4 nitrogen and oxygen atoms in total. The van der Waals surface area contributed by atoms with Crippen LogP contribution in [0, 0.1) is 0 Å². The minimum absolute atomic E-state index is 0.0443. The first kappa shape index (κ1) is 13.4. The van der Waals surface area contributed by atoms with Crippen molar-refractivity contribution in [1.82, 2.24) is 5.32 Å². The minimum Gasteiger partial charge on any atom is -0.382 e. The van der Waals surface area contributed by atoms with Crippen molar-refractivity contribution in [2.45, 2.75) is 26.2 Å². The summed E-state index contributed by atoms with van der Waals surface area (Å²) >= 11 is 0. The van der Waals surface area contributed by atoms with Crippen LogP contribution in [0.3, 0.4) is 0 Å². The topological polar surface area (TPSA) is 47.6 Å². The van der Waals surface area contributed by atoms with Gasteiger partial charge in [-0.1, -0.05) is 19.8 Å². The van der Waals surface area contributed by atoms with Crippen molar-refractivity contribution in [3.8, 4) is 0 Å². The lowest BCUT2D eigenvalue weighted by Crippen LogP contribution is -2.28. The van der Waals surface area contributed by atoms with Gasteiger partial charge in [-0.15, -0.1) is 0 Å². The van der Waals surface area contributed by atoms with E-state index in [0.717, 1.165) is 19.4 Å². The third-order valence-corrected chi connectivity index (χ3v) is 1.77. The minimum atomic E-state index is -0.0443. The Bertz CT molecular complexity index is 125. The fraction of sp³-hybridized carbons (Fsp3) is 0.900. The zero-order valence-electron chi connectivity index (χ0n) is 9.17. The Morgan fingerprint density at radius 2 is 2.07 bits per heavy atom. The van der Waals surface area contributed by atoms with Crippen LogP contribution in [-0.2, 0) is 14.3 Å². The zero-order valence-corrected chi connectivity index (χ0v) is 9.17. The number of hydrogen-bond donors (Lipinski definition) is 1. The number of nitrogens with one attached hydrogen (secondary N) is 1. The normalized spacial score (nSPS) is 10.1. The fourth-order valence-electron chi connectivity index (χ4n) is 0.961. The summed E-state index contributed by atoms with van der Waals surface area (Å²) in [6.07, 6.45) is 3.37. The first-order valence-electron chi connectivity index (χ1n) is 5.14. The molecule has 0 aromatic carbocycles. The van der Waals surface area contributed by atoms with E-state index in [-0.39, 0.29) is 12.5 Å². The van der Waals surface area contributed by atoms with E-state index in [1.165, 1.54) is 6.42 Å². The van der Waals surface area contributed by atoms with Crippen LogP contribution in [0.4, 0.5) is 0 Å².